The lowest BCUT2D eigenvalue weighted by molar-refractivity contribution is -0.123. The Morgan fingerprint density at radius 2 is 2.00 bits per heavy atom. The van der Waals surface area contributed by atoms with E-state index in [0.717, 1.165) is 36.6 Å². The number of anilines is 1. The molecule has 0 unspecified atom stereocenters. The molecule has 0 aliphatic heterocycles. The van der Waals surface area contributed by atoms with Crippen LogP contribution in [-0.4, -0.2) is 26.6 Å². The van der Waals surface area contributed by atoms with Crippen molar-refractivity contribution in [3.05, 3.63) is 64.2 Å². The molecule has 0 saturated carbocycles. The highest BCUT2D eigenvalue weighted by Crippen LogP contribution is 2.31. The van der Waals surface area contributed by atoms with Gasteiger partial charge in [0.15, 0.2) is 0 Å². The maximum atomic E-state index is 13.2. The van der Waals surface area contributed by atoms with Crippen molar-refractivity contribution in [1.29, 1.82) is 0 Å². The summed E-state index contributed by atoms with van der Waals surface area (Å²) < 4.78 is 26.4. The Kier molecular flexibility index (Phi) is 6.54. The number of amides is 1. The van der Waals surface area contributed by atoms with Gasteiger partial charge in [-0.15, -0.1) is 0 Å². The van der Waals surface area contributed by atoms with E-state index in [-0.39, 0.29) is 11.9 Å². The predicted molar refractivity (Wildman–Crippen MR) is 118 cm³/mol. The van der Waals surface area contributed by atoms with Crippen LogP contribution in [0.5, 0.6) is 0 Å². The van der Waals surface area contributed by atoms with Gasteiger partial charge in [0.2, 0.25) is 15.9 Å². The molecule has 2 aromatic carbocycles. The summed E-state index contributed by atoms with van der Waals surface area (Å²) in [6, 6.07) is 12.2. The monoisotopic (exact) mass is 434 g/mol. The minimum Gasteiger partial charge on any atom is -0.347 e. The first-order valence-corrected chi connectivity index (χ1v) is 12.1. The highest BCUT2D eigenvalue weighted by molar-refractivity contribution is 7.92. The summed E-state index contributed by atoms with van der Waals surface area (Å²) in [5.41, 5.74) is 3.60. The predicted octanol–water partition coefficient (Wildman–Crippen LogP) is 4.39. The van der Waals surface area contributed by atoms with E-state index in [0.29, 0.717) is 17.1 Å². The van der Waals surface area contributed by atoms with Gasteiger partial charge in [0.25, 0.3) is 0 Å². The van der Waals surface area contributed by atoms with Crippen LogP contribution in [0.3, 0.4) is 0 Å². The van der Waals surface area contributed by atoms with Crippen LogP contribution in [0, 0.1) is 6.92 Å². The zero-order valence-corrected chi connectivity index (χ0v) is 18.6. The molecule has 1 amide bonds. The van der Waals surface area contributed by atoms with Gasteiger partial charge in [0.1, 0.15) is 6.04 Å². The van der Waals surface area contributed by atoms with E-state index in [1.165, 1.54) is 9.87 Å². The number of hydrogen-bond acceptors (Lipinski definition) is 3. The van der Waals surface area contributed by atoms with Crippen molar-refractivity contribution in [1.82, 2.24) is 5.32 Å². The van der Waals surface area contributed by atoms with Crippen molar-refractivity contribution >= 4 is 33.2 Å². The number of nitrogens with zero attached hydrogens (tertiary/aromatic N) is 1. The van der Waals surface area contributed by atoms with Gasteiger partial charge in [0, 0.05) is 5.02 Å². The normalized spacial score (nSPS) is 17.3. The summed E-state index contributed by atoms with van der Waals surface area (Å²) in [4.78, 5) is 13.2. The average molecular weight is 435 g/mol. The topological polar surface area (TPSA) is 66.5 Å². The molecule has 156 valence electrons. The molecule has 1 N–H and O–H groups in total. The molecule has 0 saturated heterocycles. The zero-order chi connectivity index (χ0) is 21.2. The highest BCUT2D eigenvalue weighted by Gasteiger charge is 2.33. The van der Waals surface area contributed by atoms with Gasteiger partial charge in [-0.3, -0.25) is 9.10 Å². The Morgan fingerprint density at radius 3 is 2.66 bits per heavy atom. The van der Waals surface area contributed by atoms with E-state index in [1.807, 2.05) is 32.0 Å². The highest BCUT2D eigenvalue weighted by atomic mass is 35.5. The van der Waals surface area contributed by atoms with Gasteiger partial charge >= 0.3 is 0 Å². The molecule has 1 aliphatic rings. The van der Waals surface area contributed by atoms with E-state index in [2.05, 4.69) is 11.4 Å². The summed E-state index contributed by atoms with van der Waals surface area (Å²) in [6.45, 7) is 3.66. The van der Waals surface area contributed by atoms with E-state index >= 15 is 0 Å². The van der Waals surface area contributed by atoms with E-state index in [9.17, 15) is 13.2 Å². The number of rotatable bonds is 6. The van der Waals surface area contributed by atoms with Crippen LogP contribution >= 0.6 is 11.6 Å². The van der Waals surface area contributed by atoms with E-state index in [1.54, 1.807) is 18.2 Å². The first-order chi connectivity index (χ1) is 13.7. The van der Waals surface area contributed by atoms with Crippen LogP contribution in [-0.2, 0) is 21.2 Å². The Balaban J connectivity index is 1.91. The molecule has 7 heteroatoms. The Bertz CT molecular complexity index is 1010. The number of hydrogen-bond donors (Lipinski definition) is 1. The SMILES string of the molecule is CC[C@H](C(=O)N[C@@H]1CCCc2ccccc21)N(c1ccc(C)c(Cl)c1)S(C)(=O)=O. The standard InChI is InChI=1S/C22H27ClN2O3S/c1-4-21(25(29(3,27)28)17-13-12-15(2)19(23)14-17)22(26)24-20-11-7-9-16-8-5-6-10-18(16)20/h5-6,8,10,12-14,20-21H,4,7,9,11H2,1-3H3,(H,24,26)/t20-,21-/m1/s1. The smallest absolute Gasteiger partial charge is 0.244 e. The van der Waals surface area contributed by atoms with Gasteiger partial charge in [-0.25, -0.2) is 8.42 Å². The third-order valence-electron chi connectivity index (χ3n) is 5.43. The number of sulfonamides is 1. The van der Waals surface area contributed by atoms with Crippen molar-refractivity contribution in [2.75, 3.05) is 10.6 Å². The van der Waals surface area contributed by atoms with Crippen LogP contribution in [0.25, 0.3) is 0 Å². The number of nitrogens with one attached hydrogen (secondary N) is 1. The van der Waals surface area contributed by atoms with Crippen LogP contribution in [0.2, 0.25) is 5.02 Å². The number of aryl methyl sites for hydroxylation is 2. The second kappa shape index (κ2) is 8.76. The van der Waals surface area contributed by atoms with Crippen molar-refractivity contribution in [2.45, 2.75) is 51.6 Å². The lowest BCUT2D eigenvalue weighted by Gasteiger charge is -2.33. The summed E-state index contributed by atoms with van der Waals surface area (Å²) in [6.07, 6.45) is 4.29. The number of carbonyl (C=O) groups is 1. The third-order valence-corrected chi connectivity index (χ3v) is 7.01. The second-order valence-corrected chi connectivity index (χ2v) is 9.84. The van der Waals surface area contributed by atoms with Crippen molar-refractivity contribution in [2.24, 2.45) is 0 Å². The van der Waals surface area contributed by atoms with Crippen LogP contribution < -0.4 is 9.62 Å². The first-order valence-electron chi connectivity index (χ1n) is 9.86. The van der Waals surface area contributed by atoms with Gasteiger partial charge in [-0.1, -0.05) is 48.9 Å². The first kappa shape index (κ1) is 21.7. The fourth-order valence-corrected chi connectivity index (χ4v) is 5.33. The van der Waals surface area contributed by atoms with Crippen molar-refractivity contribution in [3.63, 3.8) is 0 Å². The van der Waals surface area contributed by atoms with Gasteiger partial charge in [-0.2, -0.15) is 0 Å². The third kappa shape index (κ3) is 4.75. The van der Waals surface area contributed by atoms with Gasteiger partial charge < -0.3 is 5.32 Å². The fraction of sp³-hybridized carbons (Fsp3) is 0.409. The zero-order valence-electron chi connectivity index (χ0n) is 17.0. The quantitative estimate of drug-likeness (QED) is 0.733. The number of benzene rings is 2. The van der Waals surface area contributed by atoms with Crippen molar-refractivity contribution < 1.29 is 13.2 Å². The second-order valence-electron chi connectivity index (χ2n) is 7.57. The van der Waals surface area contributed by atoms with Gasteiger partial charge in [0.05, 0.1) is 18.0 Å². The van der Waals surface area contributed by atoms with Gasteiger partial charge in [-0.05, 0) is 61.4 Å². The minimum atomic E-state index is -3.69. The largest absolute Gasteiger partial charge is 0.347 e. The van der Waals surface area contributed by atoms with Crippen molar-refractivity contribution in [3.8, 4) is 0 Å². The van der Waals surface area contributed by atoms with E-state index in [4.69, 9.17) is 11.6 Å². The summed E-state index contributed by atoms with van der Waals surface area (Å²) in [7, 11) is -3.69. The molecule has 5 nitrogen and oxygen atoms in total. The molecular formula is C22H27ClN2O3S. The number of carbonyl (C=O) groups excluding carboxylic acids is 1. The lowest BCUT2D eigenvalue weighted by atomic mass is 9.87. The molecule has 0 radical (unpaired) electrons. The van der Waals surface area contributed by atoms with Crippen LogP contribution in [0.4, 0.5) is 5.69 Å². The molecule has 0 aromatic heterocycles. The molecule has 0 bridgehead atoms. The number of fused-ring (bicyclic) bond motifs is 1. The summed E-state index contributed by atoms with van der Waals surface area (Å²) in [5.74, 6) is -0.295. The Labute approximate surface area is 178 Å². The summed E-state index contributed by atoms with van der Waals surface area (Å²) in [5, 5.41) is 3.56. The molecule has 2 atom stereocenters. The Morgan fingerprint density at radius 1 is 1.28 bits per heavy atom. The molecule has 0 fully saturated rings. The molecule has 0 heterocycles. The molecular weight excluding hydrogens is 408 g/mol. The summed E-state index contributed by atoms with van der Waals surface area (Å²) >= 11 is 6.23. The molecule has 1 aliphatic carbocycles. The fourth-order valence-electron chi connectivity index (χ4n) is 3.95. The molecule has 0 spiro atoms. The lowest BCUT2D eigenvalue weighted by Crippen LogP contribution is -2.50. The van der Waals surface area contributed by atoms with E-state index < -0.39 is 16.1 Å². The maximum Gasteiger partial charge on any atom is 0.244 e. The Hall–Kier alpha value is -2.05. The molecule has 2 aromatic rings. The number of halogens is 1. The molecule has 29 heavy (non-hydrogen) atoms. The average Bonchev–Trinajstić information content (AvgIpc) is 2.67. The van der Waals surface area contributed by atoms with Crippen LogP contribution in [0.15, 0.2) is 42.5 Å². The molecule has 3 rings (SSSR count). The maximum absolute atomic E-state index is 13.2. The van der Waals surface area contributed by atoms with Crippen LogP contribution in [0.1, 0.15) is 48.9 Å². The minimum absolute atomic E-state index is 0.107.